The lowest BCUT2D eigenvalue weighted by molar-refractivity contribution is 0.626. The van der Waals surface area contributed by atoms with Gasteiger partial charge in [0.05, 0.1) is 6.04 Å². The fourth-order valence-electron chi connectivity index (χ4n) is 1.78. The fourth-order valence-corrected chi connectivity index (χ4v) is 2.14. The molecule has 0 saturated heterocycles. The number of halogens is 1. The quantitative estimate of drug-likeness (QED) is 0.827. The Hall–Kier alpha value is -1.52. The molecule has 0 aliphatic rings. The molecule has 0 saturated carbocycles. The summed E-state index contributed by atoms with van der Waals surface area (Å²) in [6.07, 6.45) is 1.96. The van der Waals surface area contributed by atoms with Crippen LogP contribution in [0.3, 0.4) is 0 Å². The monoisotopic (exact) mass is 262 g/mol. The van der Waals surface area contributed by atoms with E-state index in [4.69, 9.17) is 5.73 Å². The second kappa shape index (κ2) is 5.89. The first kappa shape index (κ1) is 12.9. The van der Waals surface area contributed by atoms with Crippen molar-refractivity contribution in [3.63, 3.8) is 0 Å². The molecule has 0 amide bonds. The van der Waals surface area contributed by atoms with Crippen LogP contribution in [0.1, 0.15) is 17.2 Å². The maximum absolute atomic E-state index is 12.9. The van der Waals surface area contributed by atoms with Crippen LogP contribution in [-0.4, -0.2) is 6.26 Å². The van der Waals surface area contributed by atoms with Crippen LogP contribution in [0.2, 0.25) is 0 Å². The molecular weight excluding hydrogens is 247 g/mol. The van der Waals surface area contributed by atoms with E-state index in [0.717, 1.165) is 16.8 Å². The van der Waals surface area contributed by atoms with Crippen LogP contribution in [0.25, 0.3) is 0 Å². The molecule has 1 unspecified atom stereocenters. The van der Waals surface area contributed by atoms with Crippen LogP contribution in [0.15, 0.2) is 48.5 Å². The number of hydrogen-bond acceptors (Lipinski definition) is 3. The molecule has 0 radical (unpaired) electrons. The Morgan fingerprint density at radius 2 is 1.83 bits per heavy atom. The summed E-state index contributed by atoms with van der Waals surface area (Å²) in [7, 11) is 0. The SMILES string of the molecule is CSNc1cccc(C(N)c2ccc(F)cc2)c1. The van der Waals surface area contributed by atoms with E-state index < -0.39 is 0 Å². The van der Waals surface area contributed by atoms with Crippen LogP contribution < -0.4 is 10.5 Å². The molecule has 2 aromatic carbocycles. The summed E-state index contributed by atoms with van der Waals surface area (Å²) in [4.78, 5) is 0. The second-order valence-corrected chi connectivity index (χ2v) is 4.57. The lowest BCUT2D eigenvalue weighted by Gasteiger charge is -2.14. The van der Waals surface area contributed by atoms with Gasteiger partial charge in [-0.15, -0.1) is 0 Å². The van der Waals surface area contributed by atoms with E-state index in [1.165, 1.54) is 24.1 Å². The molecule has 0 heterocycles. The third kappa shape index (κ3) is 3.03. The molecule has 0 spiro atoms. The maximum Gasteiger partial charge on any atom is 0.123 e. The largest absolute Gasteiger partial charge is 0.330 e. The van der Waals surface area contributed by atoms with Crippen LogP contribution in [0, 0.1) is 5.82 Å². The summed E-state index contributed by atoms with van der Waals surface area (Å²) in [6, 6.07) is 14.0. The van der Waals surface area contributed by atoms with E-state index in [-0.39, 0.29) is 11.9 Å². The normalized spacial score (nSPS) is 12.2. The number of hydrogen-bond donors (Lipinski definition) is 2. The molecule has 0 aliphatic heterocycles. The highest BCUT2D eigenvalue weighted by molar-refractivity contribution is 7.99. The molecule has 0 aromatic heterocycles. The predicted molar refractivity (Wildman–Crippen MR) is 76.0 cm³/mol. The molecule has 1 atom stereocenters. The number of rotatable bonds is 4. The molecule has 0 bridgehead atoms. The molecule has 3 N–H and O–H groups in total. The minimum atomic E-state index is -0.247. The van der Waals surface area contributed by atoms with Crippen molar-refractivity contribution in [3.8, 4) is 0 Å². The van der Waals surface area contributed by atoms with Gasteiger partial charge >= 0.3 is 0 Å². The maximum atomic E-state index is 12.9. The standard InChI is InChI=1S/C14H15FN2S/c1-18-17-13-4-2-3-11(9-13)14(16)10-5-7-12(15)8-6-10/h2-9,14,17H,16H2,1H3. The van der Waals surface area contributed by atoms with E-state index in [1.807, 2.05) is 30.5 Å². The molecule has 2 nitrogen and oxygen atoms in total. The van der Waals surface area contributed by atoms with Crippen LogP contribution in [-0.2, 0) is 0 Å². The Morgan fingerprint density at radius 1 is 1.11 bits per heavy atom. The smallest absolute Gasteiger partial charge is 0.123 e. The molecular formula is C14H15FN2S. The molecule has 4 heteroatoms. The molecule has 0 fully saturated rings. The first-order valence-corrected chi connectivity index (χ1v) is 6.83. The summed E-state index contributed by atoms with van der Waals surface area (Å²) < 4.78 is 16.0. The van der Waals surface area contributed by atoms with E-state index in [0.29, 0.717) is 0 Å². The third-order valence-electron chi connectivity index (χ3n) is 2.69. The van der Waals surface area contributed by atoms with Crippen LogP contribution >= 0.6 is 11.9 Å². The van der Waals surface area contributed by atoms with Gasteiger partial charge in [-0.25, -0.2) is 4.39 Å². The van der Waals surface area contributed by atoms with Crippen molar-refractivity contribution in [1.82, 2.24) is 0 Å². The predicted octanol–water partition coefficient (Wildman–Crippen LogP) is 3.56. The van der Waals surface area contributed by atoms with Crippen molar-refractivity contribution in [3.05, 3.63) is 65.5 Å². The Bertz CT molecular complexity index is 513. The topological polar surface area (TPSA) is 38.0 Å². The number of nitrogens with two attached hydrogens (primary N) is 1. The highest BCUT2D eigenvalue weighted by Crippen LogP contribution is 2.23. The zero-order valence-electron chi connectivity index (χ0n) is 10.1. The molecule has 94 valence electrons. The van der Waals surface area contributed by atoms with Crippen molar-refractivity contribution in [2.45, 2.75) is 6.04 Å². The average molecular weight is 262 g/mol. The Balaban J connectivity index is 2.24. The zero-order valence-corrected chi connectivity index (χ0v) is 10.9. The molecule has 2 rings (SSSR count). The van der Waals surface area contributed by atoms with Crippen molar-refractivity contribution >= 4 is 17.6 Å². The average Bonchev–Trinajstić information content (AvgIpc) is 2.39. The molecule has 2 aromatic rings. The van der Waals surface area contributed by atoms with Gasteiger partial charge in [0.2, 0.25) is 0 Å². The second-order valence-electron chi connectivity index (χ2n) is 3.96. The number of benzene rings is 2. The van der Waals surface area contributed by atoms with Crippen molar-refractivity contribution in [2.75, 3.05) is 11.0 Å². The highest BCUT2D eigenvalue weighted by atomic mass is 32.2. The van der Waals surface area contributed by atoms with Crippen LogP contribution in [0.4, 0.5) is 10.1 Å². The summed E-state index contributed by atoms with van der Waals surface area (Å²) in [6.45, 7) is 0. The fraction of sp³-hybridized carbons (Fsp3) is 0.143. The summed E-state index contributed by atoms with van der Waals surface area (Å²) in [5.74, 6) is -0.247. The van der Waals surface area contributed by atoms with Gasteiger partial charge in [0.1, 0.15) is 5.82 Å². The minimum Gasteiger partial charge on any atom is -0.330 e. The number of nitrogens with one attached hydrogen (secondary N) is 1. The zero-order chi connectivity index (χ0) is 13.0. The van der Waals surface area contributed by atoms with Gasteiger partial charge in [-0.3, -0.25) is 0 Å². The van der Waals surface area contributed by atoms with Gasteiger partial charge in [-0.1, -0.05) is 36.2 Å². The molecule has 0 aliphatic carbocycles. The van der Waals surface area contributed by atoms with Crippen molar-refractivity contribution in [1.29, 1.82) is 0 Å². The Morgan fingerprint density at radius 3 is 2.50 bits per heavy atom. The highest BCUT2D eigenvalue weighted by Gasteiger charge is 2.09. The van der Waals surface area contributed by atoms with E-state index in [1.54, 1.807) is 12.1 Å². The Kier molecular flexibility index (Phi) is 4.23. The first-order chi connectivity index (χ1) is 8.70. The lowest BCUT2D eigenvalue weighted by atomic mass is 9.99. The summed E-state index contributed by atoms with van der Waals surface area (Å²) in [5, 5.41) is 0. The minimum absolute atomic E-state index is 0.241. The van der Waals surface area contributed by atoms with E-state index in [9.17, 15) is 4.39 Å². The lowest BCUT2D eigenvalue weighted by Crippen LogP contribution is -2.11. The van der Waals surface area contributed by atoms with Gasteiger partial charge in [-0.2, -0.15) is 0 Å². The summed E-state index contributed by atoms with van der Waals surface area (Å²) in [5.41, 5.74) is 9.09. The number of anilines is 1. The van der Waals surface area contributed by atoms with Gasteiger partial charge in [0, 0.05) is 11.9 Å². The third-order valence-corrected chi connectivity index (χ3v) is 3.13. The van der Waals surface area contributed by atoms with Gasteiger partial charge in [0.25, 0.3) is 0 Å². The first-order valence-electron chi connectivity index (χ1n) is 5.60. The van der Waals surface area contributed by atoms with Crippen molar-refractivity contribution < 1.29 is 4.39 Å². The van der Waals surface area contributed by atoms with Gasteiger partial charge in [-0.05, 0) is 35.4 Å². The summed E-state index contributed by atoms with van der Waals surface area (Å²) >= 11 is 1.53. The van der Waals surface area contributed by atoms with E-state index >= 15 is 0 Å². The van der Waals surface area contributed by atoms with E-state index in [2.05, 4.69) is 4.72 Å². The van der Waals surface area contributed by atoms with Gasteiger partial charge < -0.3 is 10.5 Å². The molecule has 18 heavy (non-hydrogen) atoms. The van der Waals surface area contributed by atoms with Crippen LogP contribution in [0.5, 0.6) is 0 Å². The van der Waals surface area contributed by atoms with Crippen molar-refractivity contribution in [2.24, 2.45) is 5.73 Å². The van der Waals surface area contributed by atoms with Gasteiger partial charge in [0.15, 0.2) is 0 Å². The Labute approximate surface area is 111 Å².